The summed E-state index contributed by atoms with van der Waals surface area (Å²) in [5.74, 6) is 0.591. The Kier molecular flexibility index (Phi) is 5.36. The van der Waals surface area contributed by atoms with Crippen molar-refractivity contribution in [2.24, 2.45) is 11.3 Å². The van der Waals surface area contributed by atoms with Crippen molar-refractivity contribution in [3.63, 3.8) is 0 Å². The van der Waals surface area contributed by atoms with Crippen molar-refractivity contribution in [3.05, 3.63) is 0 Å². The Morgan fingerprint density at radius 2 is 1.55 bits per heavy atom. The molecule has 0 aromatic heterocycles. The standard InChI is InChI=1S/C16H30N2O2/c1-15(2,3)14(20)12-7-9-18(10-8-12)13(19)11-17-16(4,5)6/h12,17H,7-11H2,1-6H3. The van der Waals surface area contributed by atoms with Gasteiger partial charge in [0.1, 0.15) is 5.78 Å². The molecule has 1 saturated heterocycles. The minimum absolute atomic E-state index is 0.0455. The predicted octanol–water partition coefficient (Wildman–Crippen LogP) is 2.23. The van der Waals surface area contributed by atoms with Crippen LogP contribution in [0.1, 0.15) is 54.4 Å². The zero-order chi connectivity index (χ0) is 15.6. The third kappa shape index (κ3) is 5.23. The van der Waals surface area contributed by atoms with E-state index in [4.69, 9.17) is 0 Å². The summed E-state index contributed by atoms with van der Waals surface area (Å²) in [6, 6.07) is 0. The van der Waals surface area contributed by atoms with E-state index in [1.54, 1.807) is 0 Å². The third-order valence-electron chi connectivity index (χ3n) is 3.73. The topological polar surface area (TPSA) is 49.4 Å². The molecule has 0 spiro atoms. The van der Waals surface area contributed by atoms with Gasteiger partial charge >= 0.3 is 0 Å². The number of Topliss-reactive ketones (excluding diaryl/α,β-unsaturated/α-hetero) is 1. The highest BCUT2D eigenvalue weighted by molar-refractivity contribution is 5.86. The van der Waals surface area contributed by atoms with Crippen molar-refractivity contribution in [2.45, 2.75) is 59.9 Å². The molecule has 0 aliphatic carbocycles. The second kappa shape index (κ2) is 6.25. The molecule has 0 aromatic carbocycles. The second-order valence-corrected chi connectivity index (χ2v) is 7.87. The van der Waals surface area contributed by atoms with E-state index in [1.807, 2.05) is 25.7 Å². The first-order valence-corrected chi connectivity index (χ1v) is 7.58. The van der Waals surface area contributed by atoms with Crippen molar-refractivity contribution in [1.82, 2.24) is 10.2 Å². The van der Waals surface area contributed by atoms with Crippen LogP contribution in [-0.4, -0.2) is 41.8 Å². The SMILES string of the molecule is CC(C)(C)NCC(=O)N1CCC(C(=O)C(C)(C)C)CC1. The molecule has 4 nitrogen and oxygen atoms in total. The molecule has 0 bridgehead atoms. The van der Waals surface area contributed by atoms with Crippen molar-refractivity contribution in [2.75, 3.05) is 19.6 Å². The minimum Gasteiger partial charge on any atom is -0.342 e. The Balaban J connectivity index is 2.42. The average Bonchev–Trinajstić information content (AvgIpc) is 2.33. The number of likely N-dealkylation sites (tertiary alicyclic amines) is 1. The molecule has 0 radical (unpaired) electrons. The Hall–Kier alpha value is -0.900. The maximum absolute atomic E-state index is 12.2. The summed E-state index contributed by atoms with van der Waals surface area (Å²) in [5.41, 5.74) is -0.319. The van der Waals surface area contributed by atoms with E-state index in [-0.39, 0.29) is 22.8 Å². The van der Waals surface area contributed by atoms with Gasteiger partial charge in [0.25, 0.3) is 0 Å². The van der Waals surface area contributed by atoms with Crippen LogP contribution in [0.2, 0.25) is 0 Å². The molecule has 1 amide bonds. The lowest BCUT2D eigenvalue weighted by Gasteiger charge is -2.34. The molecule has 1 heterocycles. The second-order valence-electron chi connectivity index (χ2n) is 7.87. The molecular weight excluding hydrogens is 252 g/mol. The molecule has 0 saturated carbocycles. The molecule has 0 unspecified atom stereocenters. The molecule has 1 N–H and O–H groups in total. The van der Waals surface area contributed by atoms with E-state index in [0.29, 0.717) is 25.4 Å². The molecule has 0 aromatic rings. The van der Waals surface area contributed by atoms with Crippen molar-refractivity contribution < 1.29 is 9.59 Å². The van der Waals surface area contributed by atoms with Crippen LogP contribution in [0.4, 0.5) is 0 Å². The van der Waals surface area contributed by atoms with Gasteiger partial charge in [0.15, 0.2) is 0 Å². The van der Waals surface area contributed by atoms with Crippen LogP contribution in [-0.2, 0) is 9.59 Å². The lowest BCUT2D eigenvalue weighted by Crippen LogP contribution is -2.48. The summed E-state index contributed by atoms with van der Waals surface area (Å²) >= 11 is 0. The number of rotatable bonds is 3. The smallest absolute Gasteiger partial charge is 0.236 e. The molecule has 1 fully saturated rings. The zero-order valence-electron chi connectivity index (χ0n) is 13.9. The summed E-state index contributed by atoms with van der Waals surface area (Å²) in [6.07, 6.45) is 1.61. The number of nitrogens with one attached hydrogen (secondary N) is 1. The van der Waals surface area contributed by atoms with Gasteiger partial charge in [-0.05, 0) is 33.6 Å². The Morgan fingerprint density at radius 3 is 1.95 bits per heavy atom. The van der Waals surface area contributed by atoms with Gasteiger partial charge in [0.05, 0.1) is 6.54 Å². The van der Waals surface area contributed by atoms with Crippen molar-refractivity contribution in [3.8, 4) is 0 Å². The highest BCUT2D eigenvalue weighted by Gasteiger charge is 2.33. The van der Waals surface area contributed by atoms with Gasteiger partial charge in [-0.1, -0.05) is 20.8 Å². The molecular formula is C16H30N2O2. The van der Waals surface area contributed by atoms with Gasteiger partial charge in [-0.3, -0.25) is 9.59 Å². The number of piperidine rings is 1. The van der Waals surface area contributed by atoms with Crippen LogP contribution in [0.15, 0.2) is 0 Å². The lowest BCUT2D eigenvalue weighted by atomic mass is 9.79. The van der Waals surface area contributed by atoms with E-state index in [0.717, 1.165) is 12.8 Å². The first kappa shape index (κ1) is 17.2. The summed E-state index contributed by atoms with van der Waals surface area (Å²) in [6.45, 7) is 13.9. The molecule has 116 valence electrons. The van der Waals surface area contributed by atoms with E-state index < -0.39 is 0 Å². The van der Waals surface area contributed by atoms with E-state index in [2.05, 4.69) is 26.1 Å². The van der Waals surface area contributed by atoms with Crippen LogP contribution in [0.25, 0.3) is 0 Å². The minimum atomic E-state index is -0.273. The van der Waals surface area contributed by atoms with Gasteiger partial charge in [0.2, 0.25) is 5.91 Å². The monoisotopic (exact) mass is 282 g/mol. The molecule has 4 heteroatoms. The lowest BCUT2D eigenvalue weighted by molar-refractivity contribution is -0.137. The fraction of sp³-hybridized carbons (Fsp3) is 0.875. The Labute approximate surface area is 123 Å². The molecule has 0 atom stereocenters. The maximum Gasteiger partial charge on any atom is 0.236 e. The summed E-state index contributed by atoms with van der Waals surface area (Å²) in [7, 11) is 0. The normalized spacial score (nSPS) is 18.2. The maximum atomic E-state index is 12.2. The largest absolute Gasteiger partial charge is 0.342 e. The number of carbonyl (C=O) groups is 2. The van der Waals surface area contributed by atoms with Crippen molar-refractivity contribution >= 4 is 11.7 Å². The van der Waals surface area contributed by atoms with E-state index >= 15 is 0 Å². The number of nitrogens with zero attached hydrogens (tertiary/aromatic N) is 1. The fourth-order valence-electron chi connectivity index (χ4n) is 2.46. The molecule has 1 rings (SSSR count). The van der Waals surface area contributed by atoms with Gasteiger partial charge in [-0.25, -0.2) is 0 Å². The zero-order valence-corrected chi connectivity index (χ0v) is 13.9. The fourth-order valence-corrected chi connectivity index (χ4v) is 2.46. The highest BCUT2D eigenvalue weighted by atomic mass is 16.2. The number of hydrogen-bond acceptors (Lipinski definition) is 3. The van der Waals surface area contributed by atoms with Gasteiger partial charge < -0.3 is 10.2 Å². The van der Waals surface area contributed by atoms with Gasteiger partial charge in [-0.2, -0.15) is 0 Å². The van der Waals surface area contributed by atoms with Crippen LogP contribution < -0.4 is 5.32 Å². The van der Waals surface area contributed by atoms with E-state index in [1.165, 1.54) is 0 Å². The first-order valence-electron chi connectivity index (χ1n) is 7.58. The van der Waals surface area contributed by atoms with Gasteiger partial charge in [0, 0.05) is 30.0 Å². The summed E-state index contributed by atoms with van der Waals surface area (Å²) in [4.78, 5) is 26.2. The van der Waals surface area contributed by atoms with Crippen LogP contribution >= 0.6 is 0 Å². The Morgan fingerprint density at radius 1 is 1.05 bits per heavy atom. The van der Waals surface area contributed by atoms with Crippen LogP contribution in [0.3, 0.4) is 0 Å². The van der Waals surface area contributed by atoms with Crippen LogP contribution in [0, 0.1) is 11.3 Å². The number of amides is 1. The molecule has 20 heavy (non-hydrogen) atoms. The summed E-state index contributed by atoms with van der Waals surface area (Å²) in [5, 5.41) is 3.22. The van der Waals surface area contributed by atoms with E-state index in [9.17, 15) is 9.59 Å². The first-order chi connectivity index (χ1) is 9.00. The number of hydrogen-bond donors (Lipinski definition) is 1. The van der Waals surface area contributed by atoms with Gasteiger partial charge in [-0.15, -0.1) is 0 Å². The average molecular weight is 282 g/mol. The number of carbonyl (C=O) groups excluding carboxylic acids is 2. The quantitative estimate of drug-likeness (QED) is 0.863. The summed E-state index contributed by atoms with van der Waals surface area (Å²) < 4.78 is 0. The Bertz CT molecular complexity index is 356. The van der Waals surface area contributed by atoms with Crippen LogP contribution in [0.5, 0.6) is 0 Å². The third-order valence-corrected chi connectivity index (χ3v) is 3.73. The molecule has 1 aliphatic heterocycles. The van der Waals surface area contributed by atoms with Crippen molar-refractivity contribution in [1.29, 1.82) is 0 Å². The predicted molar refractivity (Wildman–Crippen MR) is 81.5 cm³/mol. The number of ketones is 1. The molecule has 1 aliphatic rings. The highest BCUT2D eigenvalue weighted by Crippen LogP contribution is 2.27.